The molecule has 0 spiro atoms. The van der Waals surface area contributed by atoms with Gasteiger partial charge >= 0.3 is 5.97 Å². The summed E-state index contributed by atoms with van der Waals surface area (Å²) in [6, 6.07) is 11.5. The fourth-order valence-electron chi connectivity index (χ4n) is 3.21. The van der Waals surface area contributed by atoms with E-state index in [-0.39, 0.29) is 12.5 Å². The highest BCUT2D eigenvalue weighted by atomic mass is 16.5. The molecular formula is C23H27NO6. The molecule has 0 aromatic heterocycles. The first kappa shape index (κ1) is 21.5. The first-order chi connectivity index (χ1) is 14.6. The first-order valence-corrected chi connectivity index (χ1v) is 10.1. The van der Waals surface area contributed by atoms with Gasteiger partial charge in [-0.1, -0.05) is 0 Å². The number of amides is 1. The number of piperidine rings is 1. The Kier molecular flexibility index (Phi) is 7.54. The molecule has 2 aromatic carbocycles. The molecule has 0 aliphatic carbocycles. The summed E-state index contributed by atoms with van der Waals surface area (Å²) in [5, 5.41) is 0. The Morgan fingerprint density at radius 3 is 2.27 bits per heavy atom. The van der Waals surface area contributed by atoms with Crippen molar-refractivity contribution in [1.29, 1.82) is 0 Å². The quantitative estimate of drug-likeness (QED) is 0.485. The minimum atomic E-state index is -0.517. The van der Waals surface area contributed by atoms with Crippen LogP contribution in [0, 0.1) is 0 Å². The van der Waals surface area contributed by atoms with E-state index < -0.39 is 5.97 Å². The van der Waals surface area contributed by atoms with Crippen molar-refractivity contribution < 1.29 is 28.5 Å². The molecule has 0 saturated carbocycles. The summed E-state index contributed by atoms with van der Waals surface area (Å²) in [5.74, 6) is 1.34. The lowest BCUT2D eigenvalue weighted by Crippen LogP contribution is -2.38. The molecule has 1 fully saturated rings. The summed E-state index contributed by atoms with van der Waals surface area (Å²) < 4.78 is 21.8. The second-order valence-electron chi connectivity index (χ2n) is 6.89. The minimum absolute atomic E-state index is 0.0415. The molecule has 0 bridgehead atoms. The molecule has 1 aliphatic rings. The van der Waals surface area contributed by atoms with Crippen LogP contribution in [0.1, 0.15) is 36.5 Å². The van der Waals surface area contributed by atoms with Crippen molar-refractivity contribution in [3.05, 3.63) is 48.0 Å². The van der Waals surface area contributed by atoms with Gasteiger partial charge in [0.1, 0.15) is 11.5 Å². The molecule has 160 valence electrons. The summed E-state index contributed by atoms with van der Waals surface area (Å²) in [5.41, 5.74) is 0.323. The molecule has 0 atom stereocenters. The second kappa shape index (κ2) is 10.5. The van der Waals surface area contributed by atoms with Crippen molar-refractivity contribution in [2.75, 3.05) is 33.4 Å². The molecule has 1 aliphatic heterocycles. The van der Waals surface area contributed by atoms with E-state index in [0.717, 1.165) is 32.4 Å². The summed E-state index contributed by atoms with van der Waals surface area (Å²) in [7, 11) is 1.57. The Balaban J connectivity index is 1.65. The summed E-state index contributed by atoms with van der Waals surface area (Å²) >= 11 is 0. The topological polar surface area (TPSA) is 74.3 Å². The van der Waals surface area contributed by atoms with Crippen molar-refractivity contribution in [3.8, 4) is 23.0 Å². The number of hydrogen-bond donors (Lipinski definition) is 0. The fourth-order valence-corrected chi connectivity index (χ4v) is 3.21. The number of benzene rings is 2. The number of carbonyl (C=O) groups excluding carboxylic acids is 2. The third kappa shape index (κ3) is 5.65. The van der Waals surface area contributed by atoms with Gasteiger partial charge in [0.2, 0.25) is 0 Å². The Hall–Kier alpha value is -3.22. The van der Waals surface area contributed by atoms with Crippen LogP contribution in [0.2, 0.25) is 0 Å². The van der Waals surface area contributed by atoms with Gasteiger partial charge < -0.3 is 23.8 Å². The molecule has 7 heteroatoms. The smallest absolute Gasteiger partial charge is 0.343 e. The lowest BCUT2D eigenvalue weighted by molar-refractivity contribution is -0.134. The molecule has 0 radical (unpaired) electrons. The van der Waals surface area contributed by atoms with Gasteiger partial charge in [-0.3, -0.25) is 4.79 Å². The van der Waals surface area contributed by atoms with Crippen molar-refractivity contribution in [3.63, 3.8) is 0 Å². The predicted octanol–water partition coefficient (Wildman–Crippen LogP) is 3.70. The number of ether oxygens (including phenoxy) is 4. The van der Waals surface area contributed by atoms with Gasteiger partial charge in [-0.25, -0.2) is 4.79 Å². The number of esters is 1. The van der Waals surface area contributed by atoms with Crippen molar-refractivity contribution in [2.24, 2.45) is 0 Å². The SMILES string of the molecule is CCOc1cc(C(=O)Oc2ccc(OC)cc2)ccc1OCC(=O)N1CCCCC1. The Morgan fingerprint density at radius 1 is 0.900 bits per heavy atom. The first-order valence-electron chi connectivity index (χ1n) is 10.1. The minimum Gasteiger partial charge on any atom is -0.497 e. The molecular weight excluding hydrogens is 386 g/mol. The highest BCUT2D eigenvalue weighted by Gasteiger charge is 2.19. The Morgan fingerprint density at radius 2 is 1.60 bits per heavy atom. The van der Waals surface area contributed by atoms with Gasteiger partial charge in [0.25, 0.3) is 5.91 Å². The lowest BCUT2D eigenvalue weighted by atomic mass is 10.1. The van der Waals surface area contributed by atoms with Gasteiger partial charge in [-0.05, 0) is 68.7 Å². The largest absolute Gasteiger partial charge is 0.497 e. The summed E-state index contributed by atoms with van der Waals surface area (Å²) in [6.45, 7) is 3.72. The van der Waals surface area contributed by atoms with Crippen LogP contribution >= 0.6 is 0 Å². The van der Waals surface area contributed by atoms with E-state index >= 15 is 0 Å². The molecule has 1 heterocycles. The maximum Gasteiger partial charge on any atom is 0.343 e. The zero-order valence-corrected chi connectivity index (χ0v) is 17.4. The maximum atomic E-state index is 12.5. The van der Waals surface area contributed by atoms with Crippen LogP contribution in [-0.2, 0) is 4.79 Å². The number of nitrogens with zero attached hydrogens (tertiary/aromatic N) is 1. The summed E-state index contributed by atoms with van der Waals surface area (Å²) in [4.78, 5) is 26.7. The standard InChI is InChI=1S/C23H27NO6/c1-3-28-21-15-17(23(26)30-19-10-8-18(27-2)9-11-19)7-12-20(21)29-16-22(25)24-13-5-4-6-14-24/h7-12,15H,3-6,13-14,16H2,1-2H3. The zero-order chi connectivity index (χ0) is 21.3. The lowest BCUT2D eigenvalue weighted by Gasteiger charge is -2.26. The average molecular weight is 413 g/mol. The molecule has 2 aromatic rings. The van der Waals surface area contributed by atoms with Gasteiger partial charge in [-0.2, -0.15) is 0 Å². The normalized spacial score (nSPS) is 13.5. The van der Waals surface area contributed by atoms with Crippen LogP contribution < -0.4 is 18.9 Å². The number of carbonyl (C=O) groups is 2. The fraction of sp³-hybridized carbons (Fsp3) is 0.391. The molecule has 7 nitrogen and oxygen atoms in total. The maximum absolute atomic E-state index is 12.5. The Labute approximate surface area is 176 Å². The number of likely N-dealkylation sites (tertiary alicyclic amines) is 1. The van der Waals surface area contributed by atoms with Crippen LogP contribution in [0.15, 0.2) is 42.5 Å². The number of hydrogen-bond acceptors (Lipinski definition) is 6. The predicted molar refractivity (Wildman–Crippen MR) is 111 cm³/mol. The van der Waals surface area contributed by atoms with Gasteiger partial charge in [0, 0.05) is 13.1 Å². The molecule has 30 heavy (non-hydrogen) atoms. The number of rotatable bonds is 8. The van der Waals surface area contributed by atoms with E-state index in [2.05, 4.69) is 0 Å². The van der Waals surface area contributed by atoms with Crippen LogP contribution in [0.4, 0.5) is 0 Å². The van der Waals surface area contributed by atoms with Gasteiger partial charge in [0.15, 0.2) is 18.1 Å². The third-order valence-corrected chi connectivity index (χ3v) is 4.81. The summed E-state index contributed by atoms with van der Waals surface area (Å²) in [6.07, 6.45) is 3.22. The van der Waals surface area contributed by atoms with Crippen molar-refractivity contribution in [2.45, 2.75) is 26.2 Å². The molecule has 1 amide bonds. The molecule has 0 N–H and O–H groups in total. The van der Waals surface area contributed by atoms with Crippen LogP contribution in [0.5, 0.6) is 23.0 Å². The number of methoxy groups -OCH3 is 1. The Bertz CT molecular complexity index is 858. The third-order valence-electron chi connectivity index (χ3n) is 4.81. The van der Waals surface area contributed by atoms with E-state index in [1.54, 1.807) is 49.6 Å². The van der Waals surface area contributed by atoms with E-state index in [0.29, 0.717) is 35.2 Å². The molecule has 1 saturated heterocycles. The van der Waals surface area contributed by atoms with Crippen molar-refractivity contribution >= 4 is 11.9 Å². The monoisotopic (exact) mass is 413 g/mol. The highest BCUT2D eigenvalue weighted by Crippen LogP contribution is 2.29. The van der Waals surface area contributed by atoms with Crippen LogP contribution in [-0.4, -0.2) is 50.2 Å². The molecule has 0 unspecified atom stereocenters. The average Bonchev–Trinajstić information content (AvgIpc) is 2.79. The van der Waals surface area contributed by atoms with Crippen LogP contribution in [0.25, 0.3) is 0 Å². The van der Waals surface area contributed by atoms with E-state index in [1.165, 1.54) is 0 Å². The van der Waals surface area contributed by atoms with E-state index in [4.69, 9.17) is 18.9 Å². The second-order valence-corrected chi connectivity index (χ2v) is 6.89. The van der Waals surface area contributed by atoms with Gasteiger partial charge in [0.05, 0.1) is 19.3 Å². The highest BCUT2D eigenvalue weighted by molar-refractivity contribution is 5.92. The zero-order valence-electron chi connectivity index (χ0n) is 17.4. The van der Waals surface area contributed by atoms with E-state index in [1.807, 2.05) is 11.8 Å². The molecule has 3 rings (SSSR count). The van der Waals surface area contributed by atoms with Crippen molar-refractivity contribution in [1.82, 2.24) is 4.90 Å². The van der Waals surface area contributed by atoms with Gasteiger partial charge in [-0.15, -0.1) is 0 Å². The van der Waals surface area contributed by atoms with E-state index in [9.17, 15) is 9.59 Å². The van der Waals surface area contributed by atoms with Crippen LogP contribution in [0.3, 0.4) is 0 Å².